The molecule has 0 heterocycles. The van der Waals surface area contributed by atoms with Gasteiger partial charge in [-0.1, -0.05) is 62.4 Å². The molecule has 0 saturated heterocycles. The highest BCUT2D eigenvalue weighted by molar-refractivity contribution is 5.48. The van der Waals surface area contributed by atoms with E-state index in [9.17, 15) is 0 Å². The van der Waals surface area contributed by atoms with E-state index in [0.29, 0.717) is 11.8 Å². The van der Waals surface area contributed by atoms with Crippen LogP contribution >= 0.6 is 0 Å². The number of benzene rings is 3. The topological polar surface area (TPSA) is 21.7 Å². The van der Waals surface area contributed by atoms with Gasteiger partial charge in [0.1, 0.15) is 18.1 Å². The van der Waals surface area contributed by atoms with Gasteiger partial charge in [0.05, 0.1) is 7.11 Å². The zero-order valence-corrected chi connectivity index (χ0v) is 19.6. The van der Waals surface area contributed by atoms with Gasteiger partial charge in [0.15, 0.2) is 0 Å². The van der Waals surface area contributed by atoms with Crippen molar-refractivity contribution in [2.45, 2.75) is 38.5 Å². The predicted octanol–water partition coefficient (Wildman–Crippen LogP) is 6.28. The van der Waals surface area contributed by atoms with E-state index in [1.165, 1.54) is 22.3 Å². The van der Waals surface area contributed by atoms with Crippen molar-refractivity contribution in [1.82, 2.24) is 4.90 Å². The average Bonchev–Trinajstić information content (AvgIpc) is 2.86. The summed E-state index contributed by atoms with van der Waals surface area (Å²) in [5, 5.41) is 0. The maximum Gasteiger partial charge on any atom is 0.119 e. The molecule has 2 atom stereocenters. The summed E-state index contributed by atoms with van der Waals surface area (Å²) in [7, 11) is 1.74. The first-order chi connectivity index (χ1) is 15.7. The molecule has 0 bridgehead atoms. The summed E-state index contributed by atoms with van der Waals surface area (Å²) in [6, 6.07) is 26.3. The molecule has 0 unspecified atom stereocenters. The molecule has 3 aromatic rings. The third-order valence-electron chi connectivity index (χ3n) is 6.85. The molecule has 0 N–H and O–H groups in total. The second kappa shape index (κ2) is 10.7. The van der Waals surface area contributed by atoms with Crippen LogP contribution in [0.2, 0.25) is 0 Å². The van der Waals surface area contributed by atoms with Crippen LogP contribution in [0.4, 0.5) is 0 Å². The third kappa shape index (κ3) is 4.99. The average molecular weight is 430 g/mol. The largest absolute Gasteiger partial charge is 0.497 e. The van der Waals surface area contributed by atoms with E-state index in [2.05, 4.69) is 91.5 Å². The normalized spacial score (nSPS) is 17.8. The molecule has 0 fully saturated rings. The Hall–Kier alpha value is -2.78. The number of nitrogens with zero attached hydrogens (tertiary/aromatic N) is 1. The molecule has 0 saturated carbocycles. The van der Waals surface area contributed by atoms with Gasteiger partial charge < -0.3 is 14.4 Å². The van der Waals surface area contributed by atoms with Crippen LogP contribution in [0, 0.1) is 0 Å². The molecule has 3 aromatic carbocycles. The Morgan fingerprint density at radius 2 is 1.56 bits per heavy atom. The third-order valence-corrected chi connectivity index (χ3v) is 6.85. The minimum Gasteiger partial charge on any atom is -0.497 e. The van der Waals surface area contributed by atoms with Gasteiger partial charge in [-0.3, -0.25) is 0 Å². The highest BCUT2D eigenvalue weighted by atomic mass is 16.5. The van der Waals surface area contributed by atoms with Gasteiger partial charge in [-0.15, -0.1) is 0 Å². The van der Waals surface area contributed by atoms with E-state index >= 15 is 0 Å². The lowest BCUT2D eigenvalue weighted by molar-refractivity contribution is 0.223. The molecule has 4 rings (SSSR count). The van der Waals surface area contributed by atoms with Crippen LogP contribution in [0.5, 0.6) is 11.5 Å². The summed E-state index contributed by atoms with van der Waals surface area (Å²) in [4.78, 5) is 2.38. The van der Waals surface area contributed by atoms with Crippen molar-refractivity contribution in [3.8, 4) is 11.5 Å². The fraction of sp³-hybridized carbons (Fsp3) is 0.379. The lowest BCUT2D eigenvalue weighted by Gasteiger charge is -2.35. The Bertz CT molecular complexity index is 980. The zero-order chi connectivity index (χ0) is 22.3. The van der Waals surface area contributed by atoms with Gasteiger partial charge in [0.2, 0.25) is 0 Å². The number of hydrogen-bond acceptors (Lipinski definition) is 3. The second-order valence-electron chi connectivity index (χ2n) is 8.54. The van der Waals surface area contributed by atoms with Gasteiger partial charge in [0, 0.05) is 12.5 Å². The minimum atomic E-state index is 0.330. The van der Waals surface area contributed by atoms with Crippen LogP contribution in [0.1, 0.15) is 54.4 Å². The van der Waals surface area contributed by atoms with Gasteiger partial charge in [-0.2, -0.15) is 0 Å². The number of rotatable bonds is 9. The lowest BCUT2D eigenvalue weighted by Crippen LogP contribution is -2.27. The van der Waals surface area contributed by atoms with E-state index in [-0.39, 0.29) is 0 Å². The Balaban J connectivity index is 1.59. The van der Waals surface area contributed by atoms with E-state index in [1.54, 1.807) is 7.11 Å². The standard InChI is InChI=1S/C29H35NO2/c1-4-30(5-2)19-20-32-25-14-11-23(12-15-25)29-27(22-9-7-6-8-10-22)17-13-24-21-26(31-3)16-18-28(24)29/h6-12,14-16,18,21,27,29H,4-5,13,17,19-20H2,1-3H3/t27-,29-/m1/s1. The fourth-order valence-electron chi connectivity index (χ4n) is 5.00. The first-order valence-corrected chi connectivity index (χ1v) is 11.9. The molecular formula is C29H35NO2. The maximum absolute atomic E-state index is 6.04. The van der Waals surface area contributed by atoms with Crippen LogP contribution in [-0.2, 0) is 6.42 Å². The van der Waals surface area contributed by atoms with Crippen molar-refractivity contribution >= 4 is 0 Å². The van der Waals surface area contributed by atoms with Gasteiger partial charge >= 0.3 is 0 Å². The van der Waals surface area contributed by atoms with Crippen molar-refractivity contribution in [2.75, 3.05) is 33.4 Å². The fourth-order valence-corrected chi connectivity index (χ4v) is 5.00. The van der Waals surface area contributed by atoms with Crippen LogP contribution in [0.25, 0.3) is 0 Å². The Morgan fingerprint density at radius 1 is 0.844 bits per heavy atom. The highest BCUT2D eigenvalue weighted by Gasteiger charge is 2.32. The quantitative estimate of drug-likeness (QED) is 0.400. The number of hydrogen-bond donors (Lipinski definition) is 0. The molecule has 0 aliphatic heterocycles. The SMILES string of the molecule is CCN(CC)CCOc1ccc([C@H]2c3ccc(OC)cc3CC[C@@H]2c2ccccc2)cc1. The number of likely N-dealkylation sites (N-methyl/N-ethyl adjacent to an activating group) is 1. The monoisotopic (exact) mass is 429 g/mol. The molecule has 3 heteroatoms. The van der Waals surface area contributed by atoms with Crippen LogP contribution in [-0.4, -0.2) is 38.3 Å². The number of fused-ring (bicyclic) bond motifs is 1. The molecule has 0 spiro atoms. The molecule has 32 heavy (non-hydrogen) atoms. The molecule has 168 valence electrons. The minimum absolute atomic E-state index is 0.330. The van der Waals surface area contributed by atoms with Crippen molar-refractivity contribution in [3.05, 3.63) is 95.1 Å². The lowest BCUT2D eigenvalue weighted by atomic mass is 9.69. The van der Waals surface area contributed by atoms with Crippen LogP contribution in [0.15, 0.2) is 72.8 Å². The summed E-state index contributed by atoms with van der Waals surface area (Å²) >= 11 is 0. The molecule has 1 aliphatic carbocycles. The van der Waals surface area contributed by atoms with Gasteiger partial charge in [0.25, 0.3) is 0 Å². The zero-order valence-electron chi connectivity index (χ0n) is 19.6. The van der Waals surface area contributed by atoms with E-state index < -0.39 is 0 Å². The maximum atomic E-state index is 6.04. The van der Waals surface area contributed by atoms with Crippen LogP contribution < -0.4 is 9.47 Å². The number of methoxy groups -OCH3 is 1. The Morgan fingerprint density at radius 3 is 2.25 bits per heavy atom. The Kier molecular flexibility index (Phi) is 7.49. The molecule has 3 nitrogen and oxygen atoms in total. The molecule has 0 radical (unpaired) electrons. The second-order valence-corrected chi connectivity index (χ2v) is 8.54. The molecule has 0 aromatic heterocycles. The van der Waals surface area contributed by atoms with Crippen molar-refractivity contribution in [3.63, 3.8) is 0 Å². The molecule has 1 aliphatic rings. The first-order valence-electron chi connectivity index (χ1n) is 11.9. The van der Waals surface area contributed by atoms with Crippen LogP contribution in [0.3, 0.4) is 0 Å². The van der Waals surface area contributed by atoms with Crippen molar-refractivity contribution in [1.29, 1.82) is 0 Å². The highest BCUT2D eigenvalue weighted by Crippen LogP contribution is 2.47. The summed E-state index contributed by atoms with van der Waals surface area (Å²) in [5.74, 6) is 2.68. The summed E-state index contributed by atoms with van der Waals surface area (Å²) in [5.41, 5.74) is 5.58. The van der Waals surface area contributed by atoms with Crippen molar-refractivity contribution in [2.24, 2.45) is 0 Å². The molecule has 0 amide bonds. The predicted molar refractivity (Wildman–Crippen MR) is 132 cm³/mol. The Labute approximate surface area is 193 Å². The van der Waals surface area contributed by atoms with E-state index in [1.807, 2.05) is 0 Å². The first kappa shape index (κ1) is 22.4. The molecular weight excluding hydrogens is 394 g/mol. The smallest absolute Gasteiger partial charge is 0.119 e. The summed E-state index contributed by atoms with van der Waals surface area (Å²) < 4.78 is 11.5. The van der Waals surface area contributed by atoms with Gasteiger partial charge in [-0.05, 0) is 78.4 Å². The van der Waals surface area contributed by atoms with Gasteiger partial charge in [-0.25, -0.2) is 0 Å². The van der Waals surface area contributed by atoms with E-state index in [0.717, 1.165) is 50.6 Å². The summed E-state index contributed by atoms with van der Waals surface area (Å²) in [6.07, 6.45) is 2.21. The van der Waals surface area contributed by atoms with E-state index in [4.69, 9.17) is 9.47 Å². The summed E-state index contributed by atoms with van der Waals surface area (Å²) in [6.45, 7) is 8.19. The number of ether oxygens (including phenoxy) is 2. The number of aryl methyl sites for hydroxylation is 1. The van der Waals surface area contributed by atoms with Crippen molar-refractivity contribution < 1.29 is 9.47 Å².